The molecule has 0 amide bonds. The largest absolute Gasteiger partial charge is 0.229 e. The van der Waals surface area contributed by atoms with Crippen LogP contribution in [0.4, 0.5) is 0 Å². The van der Waals surface area contributed by atoms with Crippen molar-refractivity contribution in [3.8, 4) is 0 Å². The molecule has 0 aromatic heterocycles. The Bertz CT molecular complexity index is 408. The molecule has 2 rings (SSSR count). The van der Waals surface area contributed by atoms with E-state index < -0.39 is 0 Å². The average molecular weight is 295 g/mol. The molecule has 17 heavy (non-hydrogen) atoms. The lowest BCUT2D eigenvalue weighted by Gasteiger charge is -2.15. The molecular weight excluding hydrogens is 274 g/mol. The molecule has 1 aromatic rings. The van der Waals surface area contributed by atoms with Crippen molar-refractivity contribution < 1.29 is 4.58 Å². The van der Waals surface area contributed by atoms with Crippen LogP contribution in [0.3, 0.4) is 0 Å². The van der Waals surface area contributed by atoms with Crippen LogP contribution < -0.4 is 0 Å². The SMILES string of the molecule is C[C@H](c1ccccc1)[N+]1=CC(C)(C)CC1CBr. The molecule has 0 saturated carbocycles. The van der Waals surface area contributed by atoms with E-state index in [4.69, 9.17) is 0 Å². The van der Waals surface area contributed by atoms with E-state index in [1.165, 1.54) is 12.0 Å². The van der Waals surface area contributed by atoms with Gasteiger partial charge in [0.25, 0.3) is 0 Å². The number of hydrogen-bond acceptors (Lipinski definition) is 0. The highest BCUT2D eigenvalue weighted by Crippen LogP contribution is 2.32. The first-order valence-corrected chi connectivity index (χ1v) is 7.40. The monoisotopic (exact) mass is 294 g/mol. The fraction of sp³-hybridized carbons (Fsp3) is 0.533. The molecule has 1 heterocycles. The molecule has 0 saturated heterocycles. The van der Waals surface area contributed by atoms with Gasteiger partial charge in [-0.3, -0.25) is 0 Å². The summed E-state index contributed by atoms with van der Waals surface area (Å²) in [5.74, 6) is 0. The van der Waals surface area contributed by atoms with Gasteiger partial charge in [0.15, 0.2) is 12.1 Å². The van der Waals surface area contributed by atoms with Crippen molar-refractivity contribution >= 4 is 22.1 Å². The predicted octanol–water partition coefficient (Wildman–Crippen LogP) is 4.02. The van der Waals surface area contributed by atoms with E-state index in [0.29, 0.717) is 17.5 Å². The number of halogens is 1. The second-order valence-corrected chi connectivity index (χ2v) is 6.31. The molecule has 1 aromatic carbocycles. The minimum atomic E-state index is 0.321. The van der Waals surface area contributed by atoms with E-state index in [1.807, 2.05) is 0 Å². The Hall–Kier alpha value is -0.630. The van der Waals surface area contributed by atoms with Gasteiger partial charge in [0.1, 0.15) is 6.21 Å². The van der Waals surface area contributed by atoms with E-state index >= 15 is 0 Å². The van der Waals surface area contributed by atoms with Crippen molar-refractivity contribution in [2.24, 2.45) is 5.41 Å². The first-order chi connectivity index (χ1) is 8.03. The Morgan fingerprint density at radius 1 is 1.35 bits per heavy atom. The van der Waals surface area contributed by atoms with Crippen LogP contribution in [0, 0.1) is 5.41 Å². The molecule has 1 aliphatic rings. The summed E-state index contributed by atoms with van der Waals surface area (Å²) in [7, 11) is 0. The zero-order valence-electron chi connectivity index (χ0n) is 10.9. The van der Waals surface area contributed by atoms with Crippen LogP contribution in [0.15, 0.2) is 30.3 Å². The summed E-state index contributed by atoms with van der Waals surface area (Å²) in [6.45, 7) is 6.93. The molecule has 1 nitrogen and oxygen atoms in total. The molecule has 92 valence electrons. The highest BCUT2D eigenvalue weighted by Gasteiger charge is 2.40. The Morgan fingerprint density at radius 3 is 2.59 bits per heavy atom. The third-order valence-electron chi connectivity index (χ3n) is 3.59. The zero-order valence-corrected chi connectivity index (χ0v) is 12.4. The molecule has 2 heteroatoms. The molecule has 0 radical (unpaired) electrons. The van der Waals surface area contributed by atoms with Gasteiger partial charge in [0.05, 0.1) is 5.33 Å². The van der Waals surface area contributed by atoms with Gasteiger partial charge in [0, 0.05) is 24.3 Å². The third kappa shape index (κ3) is 2.79. The Labute approximate surface area is 113 Å². The summed E-state index contributed by atoms with van der Waals surface area (Å²) in [5, 5.41) is 1.05. The fourth-order valence-electron chi connectivity index (χ4n) is 2.74. The topological polar surface area (TPSA) is 3.01 Å². The second kappa shape index (κ2) is 4.93. The van der Waals surface area contributed by atoms with Crippen LogP contribution in [0.25, 0.3) is 0 Å². The lowest BCUT2D eigenvalue weighted by Crippen LogP contribution is -2.26. The Morgan fingerprint density at radius 2 is 2.00 bits per heavy atom. The van der Waals surface area contributed by atoms with Crippen molar-refractivity contribution in [2.75, 3.05) is 5.33 Å². The van der Waals surface area contributed by atoms with Gasteiger partial charge < -0.3 is 0 Å². The Kier molecular flexibility index (Phi) is 3.72. The first kappa shape index (κ1) is 12.8. The van der Waals surface area contributed by atoms with Crippen molar-refractivity contribution in [1.82, 2.24) is 0 Å². The summed E-state index contributed by atoms with van der Waals surface area (Å²) in [4.78, 5) is 0. The maximum absolute atomic E-state index is 3.65. The number of alkyl halides is 1. The van der Waals surface area contributed by atoms with Crippen LogP contribution in [0.1, 0.15) is 38.8 Å². The first-order valence-electron chi connectivity index (χ1n) is 6.28. The molecule has 2 atom stereocenters. The summed E-state index contributed by atoms with van der Waals surface area (Å²) < 4.78 is 2.52. The predicted molar refractivity (Wildman–Crippen MR) is 77.2 cm³/mol. The summed E-state index contributed by atoms with van der Waals surface area (Å²) in [6.07, 6.45) is 3.64. The summed E-state index contributed by atoms with van der Waals surface area (Å²) in [5.41, 5.74) is 1.72. The molecule has 0 aliphatic carbocycles. The molecule has 1 unspecified atom stereocenters. The van der Waals surface area contributed by atoms with Gasteiger partial charge >= 0.3 is 0 Å². The van der Waals surface area contributed by atoms with Gasteiger partial charge in [0.2, 0.25) is 0 Å². The highest BCUT2D eigenvalue weighted by atomic mass is 79.9. The Balaban J connectivity index is 2.27. The van der Waals surface area contributed by atoms with E-state index in [1.54, 1.807) is 0 Å². The average Bonchev–Trinajstić information content (AvgIpc) is 2.65. The maximum Gasteiger partial charge on any atom is 0.175 e. The standard InChI is InChI=1S/C15H21BrN/c1-12(13-7-5-4-6-8-13)17-11-15(2,3)9-14(17)10-16/h4-8,11-12,14H,9-10H2,1-3H3/q+1/t12-,14?/m1/s1. The molecule has 0 fully saturated rings. The molecule has 1 aliphatic heterocycles. The lowest BCUT2D eigenvalue weighted by molar-refractivity contribution is -0.588. The minimum absolute atomic E-state index is 0.321. The van der Waals surface area contributed by atoms with Crippen LogP contribution in [0.5, 0.6) is 0 Å². The fourth-order valence-corrected chi connectivity index (χ4v) is 3.30. The summed E-state index contributed by atoms with van der Waals surface area (Å²) >= 11 is 3.65. The summed E-state index contributed by atoms with van der Waals surface area (Å²) in [6, 6.07) is 11.8. The van der Waals surface area contributed by atoms with Crippen molar-refractivity contribution in [1.29, 1.82) is 0 Å². The van der Waals surface area contributed by atoms with Gasteiger partial charge in [-0.15, -0.1) is 0 Å². The van der Waals surface area contributed by atoms with Crippen LogP contribution in [0.2, 0.25) is 0 Å². The number of rotatable bonds is 3. The molecule has 0 spiro atoms. The van der Waals surface area contributed by atoms with Crippen molar-refractivity contribution in [2.45, 2.75) is 39.3 Å². The van der Waals surface area contributed by atoms with Crippen LogP contribution in [-0.2, 0) is 0 Å². The van der Waals surface area contributed by atoms with Crippen LogP contribution >= 0.6 is 15.9 Å². The third-order valence-corrected chi connectivity index (χ3v) is 4.34. The smallest absolute Gasteiger partial charge is 0.175 e. The number of benzene rings is 1. The maximum atomic E-state index is 3.65. The quantitative estimate of drug-likeness (QED) is 0.585. The minimum Gasteiger partial charge on any atom is -0.229 e. The second-order valence-electron chi connectivity index (χ2n) is 5.66. The van der Waals surface area contributed by atoms with Crippen molar-refractivity contribution in [3.05, 3.63) is 35.9 Å². The van der Waals surface area contributed by atoms with E-state index in [0.717, 1.165) is 5.33 Å². The molecule has 0 bridgehead atoms. The normalized spacial score (nSPS) is 24.5. The van der Waals surface area contributed by atoms with Gasteiger partial charge in [-0.2, -0.15) is 0 Å². The molecule has 0 N–H and O–H groups in total. The zero-order chi connectivity index (χ0) is 12.5. The lowest BCUT2D eigenvalue weighted by atomic mass is 9.91. The van der Waals surface area contributed by atoms with Gasteiger partial charge in [-0.25, -0.2) is 4.58 Å². The van der Waals surface area contributed by atoms with E-state index in [9.17, 15) is 0 Å². The highest BCUT2D eigenvalue weighted by molar-refractivity contribution is 9.09. The van der Waals surface area contributed by atoms with E-state index in [2.05, 4.69) is 77.8 Å². The van der Waals surface area contributed by atoms with Gasteiger partial charge in [-0.1, -0.05) is 60.1 Å². The van der Waals surface area contributed by atoms with Gasteiger partial charge in [-0.05, 0) is 0 Å². The van der Waals surface area contributed by atoms with Crippen LogP contribution in [-0.4, -0.2) is 22.2 Å². The van der Waals surface area contributed by atoms with Crippen molar-refractivity contribution in [3.63, 3.8) is 0 Å². The number of hydrogen-bond donors (Lipinski definition) is 0. The van der Waals surface area contributed by atoms with E-state index in [-0.39, 0.29) is 0 Å². The molecular formula is C15H21BrN+. The number of nitrogens with zero attached hydrogens (tertiary/aromatic N) is 1.